The number of hydrogen-bond donors (Lipinski definition) is 0. The lowest BCUT2D eigenvalue weighted by molar-refractivity contribution is 0.000530. The Kier molecular flexibility index (Phi) is 8.13. The molecule has 0 saturated carbocycles. The van der Waals surface area contributed by atoms with Gasteiger partial charge in [0.15, 0.2) is 5.78 Å². The number of ether oxygens (including phenoxy) is 2. The van der Waals surface area contributed by atoms with Crippen molar-refractivity contribution in [1.82, 2.24) is 14.8 Å². The number of hydrogen-bond acceptors (Lipinski definition) is 7. The van der Waals surface area contributed by atoms with Gasteiger partial charge in [-0.3, -0.25) is 9.69 Å². The van der Waals surface area contributed by atoms with Crippen LogP contribution in [0.5, 0.6) is 5.88 Å². The van der Waals surface area contributed by atoms with Gasteiger partial charge in [0, 0.05) is 56.5 Å². The van der Waals surface area contributed by atoms with Crippen LogP contribution in [0.15, 0.2) is 30.5 Å². The second-order valence-corrected chi connectivity index (χ2v) is 9.98. The summed E-state index contributed by atoms with van der Waals surface area (Å²) in [6.07, 6.45) is 1.41. The molecule has 1 aliphatic rings. The first kappa shape index (κ1) is 26.2. The van der Waals surface area contributed by atoms with Crippen molar-refractivity contribution in [2.45, 2.75) is 59.2 Å². The minimum absolute atomic E-state index is 0.00155. The van der Waals surface area contributed by atoms with Gasteiger partial charge in [0.25, 0.3) is 0 Å². The number of benzene rings is 1. The Bertz CT molecular complexity index is 1120. The highest BCUT2D eigenvalue weighted by Gasteiger charge is 2.31. The van der Waals surface area contributed by atoms with Crippen molar-refractivity contribution < 1.29 is 19.1 Å². The first-order valence-corrected chi connectivity index (χ1v) is 11.8. The van der Waals surface area contributed by atoms with Gasteiger partial charge in [0.2, 0.25) is 5.88 Å². The van der Waals surface area contributed by atoms with Gasteiger partial charge in [-0.1, -0.05) is 0 Å². The summed E-state index contributed by atoms with van der Waals surface area (Å²) in [7, 11) is 1.53. The average molecular weight is 479 g/mol. The lowest BCUT2D eigenvalue weighted by Crippen LogP contribution is -2.54. The number of rotatable bonds is 6. The molecule has 0 unspecified atom stereocenters. The van der Waals surface area contributed by atoms with Crippen molar-refractivity contribution in [2.24, 2.45) is 0 Å². The van der Waals surface area contributed by atoms with Crippen LogP contribution in [0.1, 0.15) is 60.3 Å². The smallest absolute Gasteiger partial charge is 0.410 e. The zero-order valence-electron chi connectivity index (χ0n) is 21.4. The minimum Gasteiger partial charge on any atom is -0.481 e. The van der Waals surface area contributed by atoms with E-state index in [-0.39, 0.29) is 24.3 Å². The van der Waals surface area contributed by atoms with Gasteiger partial charge in [0.1, 0.15) is 5.60 Å². The third-order valence-corrected chi connectivity index (χ3v) is 6.10. The molecule has 1 aliphatic heterocycles. The summed E-state index contributed by atoms with van der Waals surface area (Å²) in [4.78, 5) is 33.6. The molecular formula is C27H34N4O4. The number of nitriles is 1. The number of methoxy groups -OCH3 is 1. The topological polar surface area (TPSA) is 95.8 Å². The zero-order valence-corrected chi connectivity index (χ0v) is 21.4. The average Bonchev–Trinajstić information content (AvgIpc) is 2.80. The predicted molar refractivity (Wildman–Crippen MR) is 132 cm³/mol. The lowest BCUT2D eigenvalue weighted by Gasteiger charge is -2.40. The van der Waals surface area contributed by atoms with E-state index in [2.05, 4.69) is 16.0 Å². The largest absolute Gasteiger partial charge is 0.481 e. The Hall–Kier alpha value is -3.44. The van der Waals surface area contributed by atoms with E-state index in [1.54, 1.807) is 23.1 Å². The van der Waals surface area contributed by atoms with Crippen molar-refractivity contribution in [3.8, 4) is 11.9 Å². The molecule has 1 aromatic heterocycles. The van der Waals surface area contributed by atoms with Crippen molar-refractivity contribution in [3.63, 3.8) is 0 Å². The normalized spacial score (nSPS) is 16.5. The molecule has 1 saturated heterocycles. The summed E-state index contributed by atoms with van der Waals surface area (Å²) >= 11 is 0. The van der Waals surface area contributed by atoms with Gasteiger partial charge in [-0.15, -0.1) is 0 Å². The molecule has 8 heteroatoms. The van der Waals surface area contributed by atoms with Crippen LogP contribution >= 0.6 is 0 Å². The van der Waals surface area contributed by atoms with E-state index < -0.39 is 5.60 Å². The first-order valence-electron chi connectivity index (χ1n) is 11.8. The van der Waals surface area contributed by atoms with E-state index in [1.807, 2.05) is 40.7 Å². The lowest BCUT2D eigenvalue weighted by atomic mass is 9.93. The van der Waals surface area contributed by atoms with Gasteiger partial charge >= 0.3 is 6.09 Å². The van der Waals surface area contributed by atoms with Gasteiger partial charge in [-0.05, 0) is 69.5 Å². The summed E-state index contributed by atoms with van der Waals surface area (Å²) in [6.45, 7) is 12.2. The highest BCUT2D eigenvalue weighted by molar-refractivity contribution is 5.97. The van der Waals surface area contributed by atoms with Crippen molar-refractivity contribution >= 4 is 11.9 Å². The van der Waals surface area contributed by atoms with Crippen LogP contribution in [0.25, 0.3) is 0 Å². The Morgan fingerprint density at radius 3 is 2.49 bits per heavy atom. The number of carbonyl (C=O) groups is 2. The highest BCUT2D eigenvalue weighted by Crippen LogP contribution is 2.23. The summed E-state index contributed by atoms with van der Waals surface area (Å²) in [5.41, 5.74) is 3.35. The van der Waals surface area contributed by atoms with E-state index in [1.165, 1.54) is 13.3 Å². The van der Waals surface area contributed by atoms with Crippen LogP contribution in [0.3, 0.4) is 0 Å². The van der Waals surface area contributed by atoms with E-state index in [0.29, 0.717) is 43.2 Å². The monoisotopic (exact) mass is 478 g/mol. The number of amides is 1. The molecule has 0 spiro atoms. The molecule has 2 heterocycles. The molecule has 0 N–H and O–H groups in total. The molecule has 186 valence electrons. The van der Waals surface area contributed by atoms with E-state index >= 15 is 0 Å². The van der Waals surface area contributed by atoms with Crippen LogP contribution in [-0.4, -0.2) is 65.0 Å². The molecule has 0 aliphatic carbocycles. The van der Waals surface area contributed by atoms with Gasteiger partial charge in [0.05, 0.1) is 18.7 Å². The standard InChI is InChI=1S/C27H34N4O4/c1-18-16-30(9-10-31(18)26(33)35-27(3,4)5)17-23-12-20(14-28)11-22(19(23)2)13-24(32)21-7-8-25(34-6)29-15-21/h7-8,11-12,15,18H,9-10,13,16-17H2,1-6H3/t18-/m0/s1. The van der Waals surface area contributed by atoms with Crippen molar-refractivity contribution in [2.75, 3.05) is 26.7 Å². The number of nitrogens with zero attached hydrogens (tertiary/aromatic N) is 4. The van der Waals surface area contributed by atoms with E-state index in [9.17, 15) is 14.9 Å². The molecule has 2 aromatic rings. The van der Waals surface area contributed by atoms with Gasteiger partial charge in [-0.2, -0.15) is 5.26 Å². The Morgan fingerprint density at radius 1 is 1.20 bits per heavy atom. The summed E-state index contributed by atoms with van der Waals surface area (Å²) in [5.74, 6) is 0.386. The molecule has 0 radical (unpaired) electrons. The van der Waals surface area contributed by atoms with Crippen LogP contribution in [-0.2, 0) is 17.7 Å². The number of Topliss-reactive ketones (excluding diaryl/α,β-unsaturated/α-hetero) is 1. The molecule has 1 amide bonds. The minimum atomic E-state index is -0.529. The molecule has 3 rings (SSSR count). The maximum absolute atomic E-state index is 12.9. The van der Waals surface area contributed by atoms with E-state index in [4.69, 9.17) is 9.47 Å². The maximum atomic E-state index is 12.9. The van der Waals surface area contributed by atoms with Crippen LogP contribution < -0.4 is 4.74 Å². The fourth-order valence-corrected chi connectivity index (χ4v) is 4.20. The van der Waals surface area contributed by atoms with Gasteiger partial charge in [-0.25, -0.2) is 9.78 Å². The van der Waals surface area contributed by atoms with Crippen molar-refractivity contribution in [3.05, 3.63) is 58.3 Å². The zero-order chi connectivity index (χ0) is 25.8. The third-order valence-electron chi connectivity index (χ3n) is 6.10. The molecule has 1 aromatic carbocycles. The summed E-state index contributed by atoms with van der Waals surface area (Å²) in [6, 6.07) is 9.27. The molecule has 0 bridgehead atoms. The summed E-state index contributed by atoms with van der Waals surface area (Å²) < 4.78 is 10.6. The van der Waals surface area contributed by atoms with Crippen LogP contribution in [0.2, 0.25) is 0 Å². The first-order chi connectivity index (χ1) is 16.5. The summed E-state index contributed by atoms with van der Waals surface area (Å²) in [5, 5.41) is 9.59. The van der Waals surface area contributed by atoms with E-state index in [0.717, 1.165) is 16.7 Å². The van der Waals surface area contributed by atoms with Crippen LogP contribution in [0.4, 0.5) is 4.79 Å². The maximum Gasteiger partial charge on any atom is 0.410 e. The molecule has 1 atom stereocenters. The Labute approximate surface area is 207 Å². The number of ketones is 1. The Balaban J connectivity index is 1.72. The number of piperazine rings is 1. The second-order valence-electron chi connectivity index (χ2n) is 9.98. The molecule has 1 fully saturated rings. The highest BCUT2D eigenvalue weighted by atomic mass is 16.6. The Morgan fingerprint density at radius 2 is 1.91 bits per heavy atom. The fourth-order valence-electron chi connectivity index (χ4n) is 4.20. The number of pyridine rings is 1. The number of carbonyl (C=O) groups excluding carboxylic acids is 2. The third kappa shape index (κ3) is 6.80. The van der Waals surface area contributed by atoms with Gasteiger partial charge < -0.3 is 14.4 Å². The molecular weight excluding hydrogens is 444 g/mol. The SMILES string of the molecule is COc1ccc(C(=O)Cc2cc(C#N)cc(CN3CCN(C(=O)OC(C)(C)C)[C@@H](C)C3)c2C)cn1. The predicted octanol–water partition coefficient (Wildman–Crippen LogP) is 4.14. The quantitative estimate of drug-likeness (QED) is 0.576. The van der Waals surface area contributed by atoms with Crippen molar-refractivity contribution in [1.29, 1.82) is 5.26 Å². The second kappa shape index (κ2) is 10.9. The molecule has 35 heavy (non-hydrogen) atoms. The fraction of sp³-hybridized carbons (Fsp3) is 0.481. The van der Waals surface area contributed by atoms with Crippen LogP contribution in [0, 0.1) is 18.3 Å². The number of aromatic nitrogens is 1. The molecule has 8 nitrogen and oxygen atoms in total.